The molecule has 1 aliphatic rings. The van der Waals surface area contributed by atoms with Crippen molar-refractivity contribution in [2.75, 3.05) is 5.33 Å². The minimum Gasteiger partial charge on any atom is -0.0885 e. The van der Waals surface area contributed by atoms with Gasteiger partial charge in [-0.05, 0) is 25.0 Å². The van der Waals surface area contributed by atoms with E-state index in [1.807, 2.05) is 0 Å². The largest absolute Gasteiger partial charge is 0.0885 e. The van der Waals surface area contributed by atoms with Gasteiger partial charge in [0.2, 0.25) is 0 Å². The van der Waals surface area contributed by atoms with Crippen LogP contribution in [0.5, 0.6) is 0 Å². The molecule has 0 aromatic rings. The van der Waals surface area contributed by atoms with Gasteiger partial charge in [0.25, 0.3) is 0 Å². The van der Waals surface area contributed by atoms with Crippen LogP contribution in [0, 0.1) is 0 Å². The predicted octanol–water partition coefficient (Wildman–Crippen LogP) is 4.17. The predicted molar refractivity (Wildman–Crippen MR) is 58.8 cm³/mol. The highest BCUT2D eigenvalue weighted by molar-refractivity contribution is 9.09. The maximum absolute atomic E-state index is 6.08. The van der Waals surface area contributed by atoms with Crippen LogP contribution >= 0.6 is 27.5 Å². The fourth-order valence-corrected chi connectivity index (χ4v) is 1.94. The number of hydrogen-bond acceptors (Lipinski definition) is 0. The summed E-state index contributed by atoms with van der Waals surface area (Å²) in [5, 5.41) is 1.83. The molecule has 0 aliphatic heterocycles. The molecule has 0 nitrogen and oxygen atoms in total. The fraction of sp³-hybridized carbons (Fsp3) is 0.400. The summed E-state index contributed by atoms with van der Waals surface area (Å²) in [6.07, 6.45) is 5.20. The van der Waals surface area contributed by atoms with Crippen LogP contribution in [0.2, 0.25) is 0 Å². The van der Waals surface area contributed by atoms with E-state index in [2.05, 4.69) is 41.9 Å². The van der Waals surface area contributed by atoms with Gasteiger partial charge in [-0.2, -0.15) is 0 Å². The summed E-state index contributed by atoms with van der Waals surface area (Å²) < 4.78 is 0. The molecular weight excluding hydrogens is 235 g/mol. The lowest BCUT2D eigenvalue weighted by Crippen LogP contribution is -1.88. The van der Waals surface area contributed by atoms with Crippen molar-refractivity contribution in [2.24, 2.45) is 0 Å². The highest BCUT2D eigenvalue weighted by Gasteiger charge is 2.07. The van der Waals surface area contributed by atoms with Crippen LogP contribution in [-0.2, 0) is 0 Å². The van der Waals surface area contributed by atoms with Crippen LogP contribution in [0.25, 0.3) is 0 Å². The first-order valence-electron chi connectivity index (χ1n) is 3.94. The highest BCUT2D eigenvalue weighted by atomic mass is 79.9. The van der Waals surface area contributed by atoms with Crippen molar-refractivity contribution in [1.82, 2.24) is 0 Å². The van der Waals surface area contributed by atoms with Gasteiger partial charge in [-0.25, -0.2) is 0 Å². The normalized spacial score (nSPS) is 18.7. The van der Waals surface area contributed by atoms with Crippen molar-refractivity contribution >= 4 is 27.5 Å². The van der Waals surface area contributed by atoms with E-state index < -0.39 is 0 Å². The average Bonchev–Trinajstić information content (AvgIpc) is 2.18. The van der Waals surface area contributed by atoms with Crippen LogP contribution in [0.15, 0.2) is 33.9 Å². The molecule has 0 unspecified atom stereocenters. The molecule has 0 saturated heterocycles. The third kappa shape index (κ3) is 2.24. The van der Waals surface area contributed by atoms with Crippen LogP contribution in [-0.4, -0.2) is 5.33 Å². The smallest absolute Gasteiger partial charge is 0.0286 e. The molecule has 0 aromatic heterocycles. The van der Waals surface area contributed by atoms with Crippen LogP contribution in [0.3, 0.4) is 0 Å². The van der Waals surface area contributed by atoms with Crippen molar-refractivity contribution in [3.05, 3.63) is 33.9 Å². The lowest BCUT2D eigenvalue weighted by Gasteiger charge is -2.04. The quantitative estimate of drug-likeness (QED) is 0.610. The summed E-state index contributed by atoms with van der Waals surface area (Å²) in [6, 6.07) is 0. The summed E-state index contributed by atoms with van der Waals surface area (Å²) in [6.45, 7) is 4.17. The lowest BCUT2D eigenvalue weighted by atomic mass is 10.1. The summed E-state index contributed by atoms with van der Waals surface area (Å²) >= 11 is 9.54. The molecular formula is C10H12BrCl. The van der Waals surface area contributed by atoms with Gasteiger partial charge >= 0.3 is 0 Å². The zero-order valence-corrected chi connectivity index (χ0v) is 9.67. The maximum Gasteiger partial charge on any atom is 0.0286 e. The van der Waals surface area contributed by atoms with E-state index in [1.54, 1.807) is 0 Å². The third-order valence-corrected chi connectivity index (χ3v) is 3.08. The Hall–Kier alpha value is -0.0100. The van der Waals surface area contributed by atoms with Gasteiger partial charge in [-0.3, -0.25) is 0 Å². The van der Waals surface area contributed by atoms with Gasteiger partial charge in [0, 0.05) is 16.8 Å². The average molecular weight is 248 g/mol. The van der Waals surface area contributed by atoms with E-state index in [1.165, 1.54) is 16.7 Å². The van der Waals surface area contributed by atoms with E-state index >= 15 is 0 Å². The Morgan fingerprint density at radius 1 is 1.50 bits per heavy atom. The number of alkyl halides is 1. The van der Waals surface area contributed by atoms with Crippen LogP contribution in [0.1, 0.15) is 20.3 Å². The van der Waals surface area contributed by atoms with E-state index in [9.17, 15) is 0 Å². The summed E-state index contributed by atoms with van der Waals surface area (Å²) in [7, 11) is 0. The molecule has 1 rings (SSSR count). The first kappa shape index (κ1) is 10.1. The minimum absolute atomic E-state index is 0.867. The Morgan fingerprint density at radius 3 is 2.75 bits per heavy atom. The lowest BCUT2D eigenvalue weighted by molar-refractivity contribution is 1.26. The summed E-state index contributed by atoms with van der Waals surface area (Å²) in [4.78, 5) is 0. The second-order valence-corrected chi connectivity index (χ2v) is 4.00. The monoisotopic (exact) mass is 246 g/mol. The van der Waals surface area contributed by atoms with Gasteiger partial charge in [0.1, 0.15) is 0 Å². The molecule has 0 amide bonds. The van der Waals surface area contributed by atoms with Crippen molar-refractivity contribution < 1.29 is 0 Å². The molecule has 0 N–H and O–H groups in total. The number of hydrogen-bond donors (Lipinski definition) is 0. The van der Waals surface area contributed by atoms with E-state index in [0.717, 1.165) is 16.8 Å². The van der Waals surface area contributed by atoms with Crippen molar-refractivity contribution in [3.63, 3.8) is 0 Å². The Balaban J connectivity index is 3.06. The molecule has 66 valence electrons. The van der Waals surface area contributed by atoms with Crippen molar-refractivity contribution in [3.8, 4) is 0 Å². The van der Waals surface area contributed by atoms with Gasteiger partial charge in [0.15, 0.2) is 0 Å². The highest BCUT2D eigenvalue weighted by Crippen LogP contribution is 2.26. The van der Waals surface area contributed by atoms with Gasteiger partial charge in [-0.15, -0.1) is 0 Å². The van der Waals surface area contributed by atoms with E-state index in [4.69, 9.17) is 11.6 Å². The molecule has 0 atom stereocenters. The number of rotatable bonds is 1. The SMILES string of the molecule is CC1=CCC(Cl)=C(C)C(CBr)=C1. The zero-order chi connectivity index (χ0) is 9.14. The first-order chi connectivity index (χ1) is 5.65. The Kier molecular flexibility index (Phi) is 3.60. The Labute approximate surface area is 87.1 Å². The maximum atomic E-state index is 6.08. The Bertz CT molecular complexity index is 272. The van der Waals surface area contributed by atoms with Gasteiger partial charge in [0.05, 0.1) is 0 Å². The first-order valence-corrected chi connectivity index (χ1v) is 5.44. The standard InChI is InChI=1S/C10H12BrCl/c1-7-3-4-10(12)8(2)9(5-7)6-11/h3,5H,4,6H2,1-2H3. The second-order valence-electron chi connectivity index (χ2n) is 2.99. The minimum atomic E-state index is 0.867. The zero-order valence-electron chi connectivity index (χ0n) is 7.32. The number of allylic oxidation sites excluding steroid dienone is 6. The van der Waals surface area contributed by atoms with Gasteiger partial charge < -0.3 is 0 Å². The molecule has 0 spiro atoms. The Morgan fingerprint density at radius 2 is 2.17 bits per heavy atom. The molecule has 12 heavy (non-hydrogen) atoms. The molecule has 1 aliphatic carbocycles. The molecule has 0 aromatic carbocycles. The van der Waals surface area contributed by atoms with E-state index in [0.29, 0.717) is 0 Å². The molecule has 0 radical (unpaired) electrons. The summed E-state index contributed by atoms with van der Waals surface area (Å²) in [5.74, 6) is 0. The molecule has 0 fully saturated rings. The van der Waals surface area contributed by atoms with Crippen LogP contribution in [0.4, 0.5) is 0 Å². The molecule has 2 heteroatoms. The second kappa shape index (κ2) is 4.29. The van der Waals surface area contributed by atoms with Crippen LogP contribution < -0.4 is 0 Å². The molecule has 0 heterocycles. The molecule has 0 saturated carbocycles. The van der Waals surface area contributed by atoms with Crippen molar-refractivity contribution in [2.45, 2.75) is 20.3 Å². The third-order valence-electron chi connectivity index (χ3n) is 2.04. The molecule has 0 bridgehead atoms. The fourth-order valence-electron chi connectivity index (χ4n) is 1.16. The van der Waals surface area contributed by atoms with Gasteiger partial charge in [-0.1, -0.05) is 45.3 Å². The summed E-state index contributed by atoms with van der Waals surface area (Å²) in [5.41, 5.74) is 3.78. The van der Waals surface area contributed by atoms with E-state index in [-0.39, 0.29) is 0 Å². The number of halogens is 2. The van der Waals surface area contributed by atoms with Crippen molar-refractivity contribution in [1.29, 1.82) is 0 Å². The topological polar surface area (TPSA) is 0 Å².